The highest BCUT2D eigenvalue weighted by Gasteiger charge is 2.06. The van der Waals surface area contributed by atoms with Gasteiger partial charge in [-0.1, -0.05) is 72.8 Å². The summed E-state index contributed by atoms with van der Waals surface area (Å²) in [4.78, 5) is 9.61. The molecule has 0 saturated carbocycles. The van der Waals surface area contributed by atoms with Gasteiger partial charge >= 0.3 is 0 Å². The summed E-state index contributed by atoms with van der Waals surface area (Å²) >= 11 is 0. The van der Waals surface area contributed by atoms with Crippen molar-refractivity contribution < 1.29 is 0 Å². The summed E-state index contributed by atoms with van der Waals surface area (Å²) in [6.07, 6.45) is 3.87. The molecule has 0 unspecified atom stereocenters. The van der Waals surface area contributed by atoms with E-state index < -0.39 is 0 Å². The first kappa shape index (κ1) is 22.2. The van der Waals surface area contributed by atoms with Gasteiger partial charge in [0.2, 0.25) is 0 Å². The lowest BCUT2D eigenvalue weighted by Gasteiger charge is -2.12. The number of hydrogen-bond acceptors (Lipinski definition) is 3. The van der Waals surface area contributed by atoms with Gasteiger partial charge in [0.05, 0.1) is 11.4 Å². The zero-order chi connectivity index (χ0) is 23.2. The Balaban J connectivity index is 1.64. The van der Waals surface area contributed by atoms with Gasteiger partial charge in [0.1, 0.15) is 0 Å². The molecule has 0 atom stereocenters. The Hall–Kier alpha value is -3.98. The second-order valence-corrected chi connectivity index (χ2v) is 8.30. The molecule has 0 amide bonds. The third-order valence-corrected chi connectivity index (χ3v) is 5.74. The molecule has 4 rings (SSSR count). The quantitative estimate of drug-likeness (QED) is 0.307. The van der Waals surface area contributed by atoms with Crippen LogP contribution < -0.4 is 5.32 Å². The molecule has 4 aromatic rings. The standard InChI is InChI=1S/C30H29N3/c1-21-11-9-12-22(2)29(21)31-19-25-15-5-7-17-27(25)33-28-18-8-6-16-26(28)20-32-30-23(3)13-10-14-24(30)4/h5-20,33H,1-4H3. The zero-order valence-corrected chi connectivity index (χ0v) is 19.6. The van der Waals surface area contributed by atoms with E-state index in [0.717, 1.165) is 33.9 Å². The van der Waals surface area contributed by atoms with Crippen LogP contribution in [-0.4, -0.2) is 12.4 Å². The van der Waals surface area contributed by atoms with Crippen molar-refractivity contribution >= 4 is 35.2 Å². The predicted molar refractivity (Wildman–Crippen MR) is 143 cm³/mol. The molecule has 4 aromatic carbocycles. The van der Waals surface area contributed by atoms with Crippen molar-refractivity contribution in [3.05, 3.63) is 118 Å². The van der Waals surface area contributed by atoms with Gasteiger partial charge in [0.25, 0.3) is 0 Å². The van der Waals surface area contributed by atoms with E-state index in [1.54, 1.807) is 0 Å². The fourth-order valence-electron chi connectivity index (χ4n) is 3.88. The molecule has 0 fully saturated rings. The highest BCUT2D eigenvalue weighted by atomic mass is 14.9. The van der Waals surface area contributed by atoms with E-state index in [0.29, 0.717) is 0 Å². The van der Waals surface area contributed by atoms with Crippen LogP contribution in [0, 0.1) is 27.7 Å². The maximum atomic E-state index is 4.80. The van der Waals surface area contributed by atoms with E-state index in [2.05, 4.69) is 93.7 Å². The summed E-state index contributed by atoms with van der Waals surface area (Å²) in [6, 6.07) is 28.9. The van der Waals surface area contributed by atoms with Gasteiger partial charge in [-0.15, -0.1) is 0 Å². The molecule has 0 radical (unpaired) electrons. The van der Waals surface area contributed by atoms with Crippen LogP contribution in [0.15, 0.2) is 94.9 Å². The van der Waals surface area contributed by atoms with E-state index in [4.69, 9.17) is 9.98 Å². The molecule has 0 spiro atoms. The zero-order valence-electron chi connectivity index (χ0n) is 19.6. The Labute approximate surface area is 196 Å². The number of nitrogens with one attached hydrogen (secondary N) is 1. The number of rotatable bonds is 6. The third-order valence-electron chi connectivity index (χ3n) is 5.74. The lowest BCUT2D eigenvalue weighted by Crippen LogP contribution is -1.99. The molecule has 33 heavy (non-hydrogen) atoms. The molecule has 3 heteroatoms. The van der Waals surface area contributed by atoms with Crippen molar-refractivity contribution in [2.24, 2.45) is 9.98 Å². The van der Waals surface area contributed by atoms with Crippen molar-refractivity contribution in [2.75, 3.05) is 5.32 Å². The topological polar surface area (TPSA) is 36.8 Å². The van der Waals surface area contributed by atoms with Gasteiger partial charge in [0.15, 0.2) is 0 Å². The first-order chi connectivity index (χ1) is 16.0. The fraction of sp³-hybridized carbons (Fsp3) is 0.133. The largest absolute Gasteiger partial charge is 0.354 e. The average Bonchev–Trinajstić information content (AvgIpc) is 2.80. The van der Waals surface area contributed by atoms with Crippen LogP contribution in [0.25, 0.3) is 0 Å². The summed E-state index contributed by atoms with van der Waals surface area (Å²) in [5.41, 5.74) is 10.8. The van der Waals surface area contributed by atoms with Crippen LogP contribution in [0.4, 0.5) is 22.7 Å². The molecular formula is C30H29N3. The first-order valence-corrected chi connectivity index (χ1v) is 11.2. The van der Waals surface area contributed by atoms with Crippen LogP contribution in [0.1, 0.15) is 33.4 Å². The summed E-state index contributed by atoms with van der Waals surface area (Å²) < 4.78 is 0. The van der Waals surface area contributed by atoms with Gasteiger partial charge in [0, 0.05) is 34.9 Å². The number of nitrogens with zero attached hydrogens (tertiary/aromatic N) is 2. The third kappa shape index (κ3) is 5.27. The maximum absolute atomic E-state index is 4.80. The number of aryl methyl sites for hydroxylation is 4. The van der Waals surface area contributed by atoms with Crippen molar-refractivity contribution in [3.63, 3.8) is 0 Å². The minimum Gasteiger partial charge on any atom is -0.354 e. The Morgan fingerprint density at radius 1 is 0.485 bits per heavy atom. The highest BCUT2D eigenvalue weighted by Crippen LogP contribution is 2.27. The molecule has 0 bridgehead atoms. The maximum Gasteiger partial charge on any atom is 0.0688 e. The lowest BCUT2D eigenvalue weighted by atomic mass is 10.1. The Morgan fingerprint density at radius 3 is 1.24 bits per heavy atom. The smallest absolute Gasteiger partial charge is 0.0688 e. The number of benzene rings is 4. The van der Waals surface area contributed by atoms with Gasteiger partial charge in [-0.2, -0.15) is 0 Å². The molecule has 1 N–H and O–H groups in total. The van der Waals surface area contributed by atoms with Crippen molar-refractivity contribution in [2.45, 2.75) is 27.7 Å². The summed E-state index contributed by atoms with van der Waals surface area (Å²) in [6.45, 7) is 8.37. The normalized spacial score (nSPS) is 11.4. The van der Waals surface area contributed by atoms with E-state index in [1.165, 1.54) is 22.3 Å². The molecule has 0 aromatic heterocycles. The molecule has 3 nitrogen and oxygen atoms in total. The molecule has 0 heterocycles. The summed E-state index contributed by atoms with van der Waals surface area (Å²) in [7, 11) is 0. The molecule has 0 aliphatic carbocycles. The average molecular weight is 432 g/mol. The number of para-hydroxylation sites is 4. The van der Waals surface area contributed by atoms with Crippen LogP contribution >= 0.6 is 0 Å². The van der Waals surface area contributed by atoms with E-state index in [9.17, 15) is 0 Å². The van der Waals surface area contributed by atoms with Crippen molar-refractivity contribution in [1.29, 1.82) is 0 Å². The second kappa shape index (κ2) is 10.1. The van der Waals surface area contributed by atoms with Crippen LogP contribution in [0.2, 0.25) is 0 Å². The highest BCUT2D eigenvalue weighted by molar-refractivity contribution is 5.94. The van der Waals surface area contributed by atoms with Gasteiger partial charge < -0.3 is 5.32 Å². The van der Waals surface area contributed by atoms with E-state index in [1.807, 2.05) is 36.7 Å². The molecule has 0 saturated heterocycles. The molecular weight excluding hydrogens is 402 g/mol. The number of hydrogen-bond donors (Lipinski definition) is 1. The predicted octanol–water partition coefficient (Wildman–Crippen LogP) is 8.17. The molecule has 0 aliphatic rings. The van der Waals surface area contributed by atoms with Crippen molar-refractivity contribution in [1.82, 2.24) is 0 Å². The number of aliphatic imine (C=N–C) groups is 2. The summed E-state index contributed by atoms with van der Waals surface area (Å²) in [5, 5.41) is 3.59. The van der Waals surface area contributed by atoms with E-state index >= 15 is 0 Å². The summed E-state index contributed by atoms with van der Waals surface area (Å²) in [5.74, 6) is 0. The van der Waals surface area contributed by atoms with E-state index in [-0.39, 0.29) is 0 Å². The van der Waals surface area contributed by atoms with Gasteiger partial charge in [-0.05, 0) is 62.1 Å². The Bertz CT molecular complexity index is 1190. The van der Waals surface area contributed by atoms with Gasteiger partial charge in [-0.3, -0.25) is 9.98 Å². The number of anilines is 2. The fourth-order valence-corrected chi connectivity index (χ4v) is 3.88. The van der Waals surface area contributed by atoms with Gasteiger partial charge in [-0.25, -0.2) is 0 Å². The van der Waals surface area contributed by atoms with Crippen LogP contribution in [0.3, 0.4) is 0 Å². The SMILES string of the molecule is Cc1cccc(C)c1N=Cc1ccccc1Nc1ccccc1C=Nc1c(C)cccc1C. The first-order valence-electron chi connectivity index (χ1n) is 11.2. The van der Waals surface area contributed by atoms with Crippen molar-refractivity contribution in [3.8, 4) is 0 Å². The minimum absolute atomic E-state index is 1.00. The van der Waals surface area contributed by atoms with Crippen LogP contribution in [0.5, 0.6) is 0 Å². The monoisotopic (exact) mass is 431 g/mol. The Morgan fingerprint density at radius 2 is 0.848 bits per heavy atom. The molecule has 164 valence electrons. The lowest BCUT2D eigenvalue weighted by molar-refractivity contribution is 1.33. The molecule has 0 aliphatic heterocycles. The Kier molecular flexibility index (Phi) is 6.80. The van der Waals surface area contributed by atoms with Crippen LogP contribution in [-0.2, 0) is 0 Å². The second-order valence-electron chi connectivity index (χ2n) is 8.30. The minimum atomic E-state index is 1.00.